The maximum Gasteiger partial charge on any atom is 0.254 e. The Labute approximate surface area is 164 Å². The number of rotatable bonds is 7. The zero-order chi connectivity index (χ0) is 19.9. The minimum atomic E-state index is -0.269. The third kappa shape index (κ3) is 5.13. The van der Waals surface area contributed by atoms with E-state index in [9.17, 15) is 9.18 Å². The number of carbonyl (C=O) groups excluding carboxylic acids is 1. The number of aromatic nitrogens is 2. The van der Waals surface area contributed by atoms with Gasteiger partial charge in [-0.3, -0.25) is 4.79 Å². The average Bonchev–Trinajstić information content (AvgIpc) is 2.70. The van der Waals surface area contributed by atoms with Crippen LogP contribution in [-0.4, -0.2) is 22.4 Å². The van der Waals surface area contributed by atoms with E-state index in [1.807, 2.05) is 18.2 Å². The molecule has 1 aromatic heterocycles. The minimum Gasteiger partial charge on any atom is -0.352 e. The first kappa shape index (κ1) is 19.5. The lowest BCUT2D eigenvalue weighted by molar-refractivity contribution is 0.0953. The molecule has 1 amide bonds. The summed E-state index contributed by atoms with van der Waals surface area (Å²) in [5.74, 6) is 0.303. The monoisotopic (exact) mass is 378 g/mol. The number of hydrogen-bond acceptors (Lipinski definition) is 4. The molecule has 2 N–H and O–H groups in total. The molecule has 0 radical (unpaired) electrons. The van der Waals surface area contributed by atoms with Crippen molar-refractivity contribution in [2.75, 3.05) is 11.9 Å². The largest absolute Gasteiger partial charge is 0.352 e. The van der Waals surface area contributed by atoms with Crippen molar-refractivity contribution in [3.63, 3.8) is 0 Å². The van der Waals surface area contributed by atoms with Crippen LogP contribution in [0.25, 0.3) is 0 Å². The van der Waals surface area contributed by atoms with E-state index < -0.39 is 0 Å². The topological polar surface area (TPSA) is 66.9 Å². The van der Waals surface area contributed by atoms with Gasteiger partial charge in [0.1, 0.15) is 5.82 Å². The fourth-order valence-electron chi connectivity index (χ4n) is 2.82. The Bertz CT molecular complexity index is 924. The van der Waals surface area contributed by atoms with Crippen molar-refractivity contribution in [1.29, 1.82) is 0 Å². The van der Waals surface area contributed by atoms with Gasteiger partial charge in [0.2, 0.25) is 5.95 Å². The first-order valence-electron chi connectivity index (χ1n) is 9.23. The number of halogens is 1. The van der Waals surface area contributed by atoms with Gasteiger partial charge in [0.05, 0.1) is 5.56 Å². The number of hydrogen-bond donors (Lipinski definition) is 2. The normalized spacial score (nSPS) is 10.7. The number of amides is 1. The van der Waals surface area contributed by atoms with Gasteiger partial charge in [-0.1, -0.05) is 44.2 Å². The fourth-order valence-corrected chi connectivity index (χ4v) is 2.82. The summed E-state index contributed by atoms with van der Waals surface area (Å²) < 4.78 is 12.9. The highest BCUT2D eigenvalue weighted by Crippen LogP contribution is 2.25. The molecular weight excluding hydrogens is 355 g/mol. The van der Waals surface area contributed by atoms with Crippen LogP contribution in [0, 0.1) is 5.82 Å². The second-order valence-electron chi connectivity index (χ2n) is 6.79. The molecule has 0 aliphatic rings. The first-order chi connectivity index (χ1) is 13.5. The van der Waals surface area contributed by atoms with Crippen LogP contribution < -0.4 is 10.6 Å². The summed E-state index contributed by atoms with van der Waals surface area (Å²) in [6.07, 6.45) is 3.62. The molecule has 28 heavy (non-hydrogen) atoms. The maximum absolute atomic E-state index is 12.9. The van der Waals surface area contributed by atoms with Crippen molar-refractivity contribution >= 4 is 17.5 Å². The van der Waals surface area contributed by atoms with E-state index in [1.165, 1.54) is 30.1 Å². The van der Waals surface area contributed by atoms with Crippen LogP contribution in [0.2, 0.25) is 0 Å². The van der Waals surface area contributed by atoms with Crippen LogP contribution in [-0.2, 0) is 6.42 Å². The molecule has 0 unspecified atom stereocenters. The molecule has 1 heterocycles. The summed E-state index contributed by atoms with van der Waals surface area (Å²) >= 11 is 0. The predicted octanol–water partition coefficient (Wildman–Crippen LogP) is 4.46. The number of benzene rings is 2. The Morgan fingerprint density at radius 1 is 1.04 bits per heavy atom. The minimum absolute atomic E-state index is 0.240. The quantitative estimate of drug-likeness (QED) is 0.637. The van der Waals surface area contributed by atoms with Crippen molar-refractivity contribution in [3.05, 3.63) is 83.4 Å². The third-order valence-electron chi connectivity index (χ3n) is 4.36. The van der Waals surface area contributed by atoms with Crippen LogP contribution in [0.1, 0.15) is 41.3 Å². The lowest BCUT2D eigenvalue weighted by atomic mass is 10.0. The Morgan fingerprint density at radius 2 is 1.71 bits per heavy atom. The third-order valence-corrected chi connectivity index (χ3v) is 4.36. The Hall–Kier alpha value is -3.28. The van der Waals surface area contributed by atoms with Gasteiger partial charge in [0.25, 0.3) is 5.91 Å². The van der Waals surface area contributed by atoms with Gasteiger partial charge in [-0.25, -0.2) is 14.4 Å². The van der Waals surface area contributed by atoms with Gasteiger partial charge in [0, 0.05) is 24.6 Å². The molecule has 5 nitrogen and oxygen atoms in total. The molecular formula is C22H23FN4O. The predicted molar refractivity (Wildman–Crippen MR) is 108 cm³/mol. The van der Waals surface area contributed by atoms with Crippen LogP contribution in [0.4, 0.5) is 16.0 Å². The van der Waals surface area contributed by atoms with E-state index in [2.05, 4.69) is 40.5 Å². The molecule has 0 aliphatic carbocycles. The van der Waals surface area contributed by atoms with Crippen molar-refractivity contribution < 1.29 is 9.18 Å². The number of nitrogens with zero attached hydrogens (tertiary/aromatic N) is 2. The standard InChI is InChI=1S/C22H23FN4O/c1-15(2)19-5-3-4-6-20(19)27-22-25-13-17(14-26-22)21(28)24-12-11-16-7-9-18(23)10-8-16/h3-10,13-15H,11-12H2,1-2H3,(H,24,28)(H,25,26,27). The van der Waals surface area contributed by atoms with Crippen LogP contribution in [0.3, 0.4) is 0 Å². The van der Waals surface area contributed by atoms with Gasteiger partial charge in [0.15, 0.2) is 0 Å². The molecule has 6 heteroatoms. The van der Waals surface area contributed by atoms with Gasteiger partial charge < -0.3 is 10.6 Å². The highest BCUT2D eigenvalue weighted by Gasteiger charge is 2.09. The molecule has 3 rings (SSSR count). The summed E-state index contributed by atoms with van der Waals surface area (Å²) in [5, 5.41) is 6.03. The van der Waals surface area contributed by atoms with Gasteiger partial charge >= 0.3 is 0 Å². The molecule has 0 spiro atoms. The van der Waals surface area contributed by atoms with E-state index in [-0.39, 0.29) is 11.7 Å². The summed E-state index contributed by atoms with van der Waals surface area (Å²) in [4.78, 5) is 20.7. The molecule has 0 atom stereocenters. The zero-order valence-electron chi connectivity index (χ0n) is 15.9. The van der Waals surface area contributed by atoms with Crippen LogP contribution in [0.5, 0.6) is 0 Å². The van der Waals surface area contributed by atoms with Crippen molar-refractivity contribution in [2.45, 2.75) is 26.2 Å². The van der Waals surface area contributed by atoms with E-state index in [0.717, 1.165) is 11.3 Å². The van der Waals surface area contributed by atoms with E-state index >= 15 is 0 Å². The second kappa shape index (κ2) is 9.08. The number of nitrogens with one attached hydrogen (secondary N) is 2. The van der Waals surface area contributed by atoms with E-state index in [1.54, 1.807) is 12.1 Å². The number of carbonyl (C=O) groups is 1. The summed E-state index contributed by atoms with van der Waals surface area (Å²) in [7, 11) is 0. The van der Waals surface area contributed by atoms with E-state index in [4.69, 9.17) is 0 Å². The Morgan fingerprint density at radius 3 is 2.39 bits per heavy atom. The lowest BCUT2D eigenvalue weighted by Gasteiger charge is -2.13. The average molecular weight is 378 g/mol. The van der Waals surface area contributed by atoms with E-state index in [0.29, 0.717) is 30.4 Å². The molecule has 3 aromatic rings. The number of para-hydroxylation sites is 1. The molecule has 0 aliphatic heterocycles. The van der Waals surface area contributed by atoms with Gasteiger partial charge in [-0.15, -0.1) is 0 Å². The number of anilines is 2. The Kier molecular flexibility index (Phi) is 6.32. The van der Waals surface area contributed by atoms with Crippen LogP contribution >= 0.6 is 0 Å². The molecule has 0 fully saturated rings. The SMILES string of the molecule is CC(C)c1ccccc1Nc1ncc(C(=O)NCCc2ccc(F)cc2)cn1. The summed E-state index contributed by atoms with van der Waals surface area (Å²) in [6.45, 7) is 4.70. The van der Waals surface area contributed by atoms with Gasteiger partial charge in [-0.05, 0) is 41.7 Å². The molecule has 0 bridgehead atoms. The fraction of sp³-hybridized carbons (Fsp3) is 0.227. The first-order valence-corrected chi connectivity index (χ1v) is 9.23. The van der Waals surface area contributed by atoms with Crippen molar-refractivity contribution in [3.8, 4) is 0 Å². The second-order valence-corrected chi connectivity index (χ2v) is 6.79. The maximum atomic E-state index is 12.9. The highest BCUT2D eigenvalue weighted by atomic mass is 19.1. The zero-order valence-corrected chi connectivity index (χ0v) is 15.9. The lowest BCUT2D eigenvalue weighted by Crippen LogP contribution is -2.26. The van der Waals surface area contributed by atoms with Gasteiger partial charge in [-0.2, -0.15) is 0 Å². The van der Waals surface area contributed by atoms with Crippen LogP contribution in [0.15, 0.2) is 60.9 Å². The molecule has 144 valence electrons. The smallest absolute Gasteiger partial charge is 0.254 e. The Balaban J connectivity index is 1.56. The van der Waals surface area contributed by atoms with Crippen molar-refractivity contribution in [1.82, 2.24) is 15.3 Å². The summed E-state index contributed by atoms with van der Waals surface area (Å²) in [6, 6.07) is 14.2. The molecule has 0 saturated heterocycles. The molecule has 2 aromatic carbocycles. The summed E-state index contributed by atoms with van der Waals surface area (Å²) in [5.41, 5.74) is 3.48. The highest BCUT2D eigenvalue weighted by molar-refractivity contribution is 5.93. The van der Waals surface area contributed by atoms with Crippen molar-refractivity contribution in [2.24, 2.45) is 0 Å². The molecule has 0 saturated carbocycles.